The Bertz CT molecular complexity index is 596. The van der Waals surface area contributed by atoms with Crippen LogP contribution < -0.4 is 5.48 Å². The van der Waals surface area contributed by atoms with E-state index in [4.69, 9.17) is 5.21 Å². The molecular formula is C16H25N3O3. The molecule has 0 saturated heterocycles. The van der Waals surface area contributed by atoms with Crippen LogP contribution in [0.3, 0.4) is 0 Å². The van der Waals surface area contributed by atoms with Gasteiger partial charge < -0.3 is 9.47 Å². The molecule has 1 aliphatic rings. The zero-order valence-corrected chi connectivity index (χ0v) is 13.9. The fourth-order valence-corrected chi connectivity index (χ4v) is 2.92. The molecule has 6 nitrogen and oxygen atoms in total. The van der Waals surface area contributed by atoms with Gasteiger partial charge in [-0.05, 0) is 6.07 Å². The Balaban J connectivity index is 2.38. The van der Waals surface area contributed by atoms with E-state index >= 15 is 0 Å². The van der Waals surface area contributed by atoms with Gasteiger partial charge in [-0.15, -0.1) is 0 Å². The molecule has 2 amide bonds. The quantitative estimate of drug-likeness (QED) is 0.616. The number of aromatic nitrogens is 1. The lowest BCUT2D eigenvalue weighted by molar-refractivity contribution is -0.141. The highest BCUT2D eigenvalue weighted by Gasteiger charge is 2.35. The van der Waals surface area contributed by atoms with E-state index in [1.807, 2.05) is 30.2 Å². The predicted molar refractivity (Wildman–Crippen MR) is 82.3 cm³/mol. The Labute approximate surface area is 131 Å². The van der Waals surface area contributed by atoms with Gasteiger partial charge in [0.15, 0.2) is 0 Å². The highest BCUT2D eigenvalue weighted by molar-refractivity contribution is 5.93. The summed E-state index contributed by atoms with van der Waals surface area (Å²) in [7, 11) is 0. The van der Waals surface area contributed by atoms with Crippen LogP contribution in [0, 0.1) is 10.8 Å². The van der Waals surface area contributed by atoms with Crippen molar-refractivity contribution in [3.05, 3.63) is 23.5 Å². The number of hydroxylamine groups is 1. The molecule has 122 valence electrons. The van der Waals surface area contributed by atoms with Crippen molar-refractivity contribution in [3.63, 3.8) is 0 Å². The minimum Gasteiger partial charge on any atom is -0.348 e. The molecule has 6 heteroatoms. The number of amides is 2. The third-order valence-corrected chi connectivity index (χ3v) is 3.85. The second-order valence-corrected chi connectivity index (χ2v) is 7.86. The van der Waals surface area contributed by atoms with E-state index in [1.165, 1.54) is 0 Å². The maximum atomic E-state index is 12.7. The summed E-state index contributed by atoms with van der Waals surface area (Å²) in [5.74, 6) is -0.435. The van der Waals surface area contributed by atoms with E-state index in [-0.39, 0.29) is 11.3 Å². The van der Waals surface area contributed by atoms with Crippen LogP contribution in [-0.2, 0) is 17.9 Å². The summed E-state index contributed by atoms with van der Waals surface area (Å²) in [5.41, 5.74) is 2.42. The monoisotopic (exact) mass is 307 g/mol. The largest absolute Gasteiger partial charge is 0.348 e. The molecule has 0 aliphatic carbocycles. The molecule has 0 aromatic carbocycles. The van der Waals surface area contributed by atoms with Gasteiger partial charge in [0, 0.05) is 35.8 Å². The molecule has 1 aromatic heterocycles. The molecule has 0 saturated carbocycles. The van der Waals surface area contributed by atoms with E-state index in [9.17, 15) is 9.59 Å². The van der Waals surface area contributed by atoms with Gasteiger partial charge in [-0.2, -0.15) is 0 Å². The second kappa shape index (κ2) is 5.43. The first-order valence-corrected chi connectivity index (χ1v) is 7.46. The molecule has 0 fully saturated rings. The molecule has 0 atom stereocenters. The van der Waals surface area contributed by atoms with Gasteiger partial charge in [0.25, 0.3) is 5.91 Å². The van der Waals surface area contributed by atoms with Crippen molar-refractivity contribution < 1.29 is 14.8 Å². The predicted octanol–water partition coefficient (Wildman–Crippen LogP) is 2.02. The first-order chi connectivity index (χ1) is 10.0. The molecule has 2 heterocycles. The van der Waals surface area contributed by atoms with Crippen molar-refractivity contribution in [2.24, 2.45) is 10.8 Å². The lowest BCUT2D eigenvalue weighted by atomic mass is 9.90. The summed E-state index contributed by atoms with van der Waals surface area (Å²) < 4.78 is 2.00. The molecule has 22 heavy (non-hydrogen) atoms. The molecule has 2 rings (SSSR count). The standard InChI is InChI=1S/C16H25N3O3/c1-15(2,3)14(21)19-8-12-6-11(13(20)17-22)7-18(12)9-16(4,5)10-19/h6-7,22H,8-10H2,1-5H3,(H,17,20). The molecule has 0 unspecified atom stereocenters. The summed E-state index contributed by atoms with van der Waals surface area (Å²) in [6.07, 6.45) is 1.73. The van der Waals surface area contributed by atoms with Gasteiger partial charge in [-0.3, -0.25) is 14.8 Å². The van der Waals surface area contributed by atoms with Gasteiger partial charge >= 0.3 is 0 Å². The Morgan fingerprint density at radius 2 is 1.91 bits per heavy atom. The van der Waals surface area contributed by atoms with Crippen LogP contribution in [0.25, 0.3) is 0 Å². The van der Waals surface area contributed by atoms with E-state index in [2.05, 4.69) is 13.8 Å². The normalized spacial score (nSPS) is 17.6. The lowest BCUT2D eigenvalue weighted by Gasteiger charge is -2.33. The average molecular weight is 307 g/mol. The summed E-state index contributed by atoms with van der Waals surface area (Å²) in [4.78, 5) is 26.1. The van der Waals surface area contributed by atoms with Gasteiger partial charge in [-0.25, -0.2) is 5.48 Å². The van der Waals surface area contributed by atoms with Crippen molar-refractivity contribution in [2.75, 3.05) is 6.54 Å². The van der Waals surface area contributed by atoms with Gasteiger partial charge in [0.05, 0.1) is 12.1 Å². The van der Waals surface area contributed by atoms with Gasteiger partial charge in [0.2, 0.25) is 5.91 Å². The average Bonchev–Trinajstić information content (AvgIpc) is 2.71. The molecule has 1 aromatic rings. The minimum atomic E-state index is -0.535. The fourth-order valence-electron chi connectivity index (χ4n) is 2.92. The van der Waals surface area contributed by atoms with Crippen LogP contribution in [0.15, 0.2) is 12.3 Å². The van der Waals surface area contributed by atoms with Crippen LogP contribution >= 0.6 is 0 Å². The Morgan fingerprint density at radius 3 is 2.45 bits per heavy atom. The third-order valence-electron chi connectivity index (χ3n) is 3.85. The smallest absolute Gasteiger partial charge is 0.276 e. The maximum Gasteiger partial charge on any atom is 0.276 e. The molecular weight excluding hydrogens is 282 g/mol. The number of fused-ring (bicyclic) bond motifs is 1. The first-order valence-electron chi connectivity index (χ1n) is 7.46. The van der Waals surface area contributed by atoms with E-state index < -0.39 is 11.3 Å². The van der Waals surface area contributed by atoms with Crippen LogP contribution in [0.1, 0.15) is 50.7 Å². The Hall–Kier alpha value is -1.82. The zero-order valence-electron chi connectivity index (χ0n) is 13.9. The topological polar surface area (TPSA) is 74.6 Å². The third kappa shape index (κ3) is 3.32. The van der Waals surface area contributed by atoms with Crippen LogP contribution in [-0.4, -0.2) is 33.0 Å². The Kier molecular flexibility index (Phi) is 4.08. The van der Waals surface area contributed by atoms with Crippen LogP contribution in [0.5, 0.6) is 0 Å². The van der Waals surface area contributed by atoms with Crippen molar-refractivity contribution in [2.45, 2.75) is 47.7 Å². The van der Waals surface area contributed by atoms with Crippen LogP contribution in [0.2, 0.25) is 0 Å². The molecule has 1 aliphatic heterocycles. The highest BCUT2D eigenvalue weighted by Crippen LogP contribution is 2.30. The number of hydrogen-bond acceptors (Lipinski definition) is 3. The van der Waals surface area contributed by atoms with E-state index in [0.717, 1.165) is 12.2 Å². The maximum absolute atomic E-state index is 12.7. The minimum absolute atomic E-state index is 0.0991. The molecule has 0 bridgehead atoms. The second-order valence-electron chi connectivity index (χ2n) is 7.86. The van der Waals surface area contributed by atoms with Gasteiger partial charge in [0.1, 0.15) is 0 Å². The summed E-state index contributed by atoms with van der Waals surface area (Å²) in [6, 6.07) is 1.73. The number of carbonyl (C=O) groups excluding carboxylic acids is 2. The number of carbonyl (C=O) groups is 2. The summed E-state index contributed by atoms with van der Waals surface area (Å²) >= 11 is 0. The number of nitrogens with zero attached hydrogens (tertiary/aromatic N) is 2. The SMILES string of the molecule is CC1(C)CN(C(=O)C(C)(C)C)Cc2cc(C(=O)NO)cn2C1. The number of hydrogen-bond donors (Lipinski definition) is 2. The fraction of sp³-hybridized carbons (Fsp3) is 0.625. The van der Waals surface area contributed by atoms with Gasteiger partial charge in [-0.1, -0.05) is 34.6 Å². The van der Waals surface area contributed by atoms with Crippen molar-refractivity contribution in [1.29, 1.82) is 0 Å². The highest BCUT2D eigenvalue weighted by atomic mass is 16.5. The Morgan fingerprint density at radius 1 is 1.27 bits per heavy atom. The van der Waals surface area contributed by atoms with E-state index in [1.54, 1.807) is 17.7 Å². The lowest BCUT2D eigenvalue weighted by Crippen LogP contribution is -2.43. The van der Waals surface area contributed by atoms with Crippen molar-refractivity contribution in [1.82, 2.24) is 14.9 Å². The molecule has 0 spiro atoms. The molecule has 2 N–H and O–H groups in total. The van der Waals surface area contributed by atoms with Crippen molar-refractivity contribution >= 4 is 11.8 Å². The van der Waals surface area contributed by atoms with Crippen LogP contribution in [0.4, 0.5) is 0 Å². The first kappa shape index (κ1) is 16.5. The summed E-state index contributed by atoms with van der Waals surface area (Å²) in [5, 5.41) is 8.78. The number of rotatable bonds is 1. The van der Waals surface area contributed by atoms with Crippen molar-refractivity contribution in [3.8, 4) is 0 Å². The zero-order chi connectivity index (χ0) is 16.7. The number of nitrogens with one attached hydrogen (secondary N) is 1. The molecule has 0 radical (unpaired) electrons. The summed E-state index contributed by atoms with van der Waals surface area (Å²) in [6.45, 7) is 11.8. The van der Waals surface area contributed by atoms with E-state index in [0.29, 0.717) is 18.7 Å².